The van der Waals surface area contributed by atoms with Crippen LogP contribution in [0.1, 0.15) is 29.6 Å². The standard InChI is InChI=1S/C24H22N4O/c29-24(25-18-9-11-19(12-10-18)28-14-4-1-5-15-28)17-8-13-22-23(16-17)27-21-7-3-2-6-20(21)26-22/h2-3,6-13,16H,1,4-5,14-15H2,(H,25,29). The van der Waals surface area contributed by atoms with Crippen LogP contribution in [0.25, 0.3) is 22.1 Å². The van der Waals surface area contributed by atoms with Gasteiger partial charge in [0.25, 0.3) is 5.91 Å². The SMILES string of the molecule is O=C(Nc1ccc(N2CCCCC2)cc1)c1ccc2nc3ccccc3nc2c1. The quantitative estimate of drug-likeness (QED) is 0.505. The largest absolute Gasteiger partial charge is 0.372 e. The predicted molar refractivity (Wildman–Crippen MR) is 118 cm³/mol. The lowest BCUT2D eigenvalue weighted by atomic mass is 10.1. The molecule has 0 saturated carbocycles. The first kappa shape index (κ1) is 17.6. The van der Waals surface area contributed by atoms with Crippen LogP contribution in [0.5, 0.6) is 0 Å². The Morgan fingerprint density at radius 1 is 0.759 bits per heavy atom. The maximum absolute atomic E-state index is 12.7. The molecule has 0 radical (unpaired) electrons. The van der Waals surface area contributed by atoms with Crippen molar-refractivity contribution in [2.75, 3.05) is 23.3 Å². The molecule has 0 spiro atoms. The van der Waals surface area contributed by atoms with Gasteiger partial charge in [0.1, 0.15) is 0 Å². The maximum Gasteiger partial charge on any atom is 0.255 e. The first-order valence-corrected chi connectivity index (χ1v) is 10.1. The second-order valence-electron chi connectivity index (χ2n) is 7.46. The van der Waals surface area contributed by atoms with Crippen LogP contribution in [0.4, 0.5) is 11.4 Å². The molecule has 2 heterocycles. The molecule has 0 atom stereocenters. The Labute approximate surface area is 169 Å². The maximum atomic E-state index is 12.7. The van der Waals surface area contributed by atoms with Crippen molar-refractivity contribution in [3.05, 3.63) is 72.3 Å². The van der Waals surface area contributed by atoms with Crippen LogP contribution in [0.2, 0.25) is 0 Å². The average Bonchev–Trinajstić information content (AvgIpc) is 2.78. The Morgan fingerprint density at radius 2 is 1.41 bits per heavy atom. The van der Waals surface area contributed by atoms with Gasteiger partial charge in [0, 0.05) is 30.0 Å². The topological polar surface area (TPSA) is 58.1 Å². The van der Waals surface area contributed by atoms with Crippen molar-refractivity contribution in [1.29, 1.82) is 0 Å². The van der Waals surface area contributed by atoms with E-state index in [9.17, 15) is 4.79 Å². The van der Waals surface area contributed by atoms with Gasteiger partial charge in [0.15, 0.2) is 0 Å². The molecular weight excluding hydrogens is 360 g/mol. The molecule has 29 heavy (non-hydrogen) atoms. The van der Waals surface area contributed by atoms with E-state index in [4.69, 9.17) is 0 Å². The highest BCUT2D eigenvalue weighted by Crippen LogP contribution is 2.23. The number of anilines is 2. The summed E-state index contributed by atoms with van der Waals surface area (Å²) in [6.45, 7) is 2.22. The van der Waals surface area contributed by atoms with Crippen molar-refractivity contribution >= 4 is 39.3 Å². The summed E-state index contributed by atoms with van der Waals surface area (Å²) in [5.74, 6) is -0.146. The zero-order chi connectivity index (χ0) is 19.6. The molecule has 5 nitrogen and oxygen atoms in total. The second kappa shape index (κ2) is 7.51. The first-order chi connectivity index (χ1) is 14.3. The lowest BCUT2D eigenvalue weighted by Crippen LogP contribution is -2.29. The highest BCUT2D eigenvalue weighted by molar-refractivity contribution is 6.06. The molecule has 5 heteroatoms. The zero-order valence-electron chi connectivity index (χ0n) is 16.1. The lowest BCUT2D eigenvalue weighted by Gasteiger charge is -2.28. The molecule has 1 aromatic heterocycles. The number of hydrogen-bond acceptors (Lipinski definition) is 4. The van der Waals surface area contributed by atoms with Crippen LogP contribution < -0.4 is 10.2 Å². The number of rotatable bonds is 3. The van der Waals surface area contributed by atoms with E-state index < -0.39 is 0 Å². The molecule has 1 aliphatic heterocycles. The van der Waals surface area contributed by atoms with Gasteiger partial charge in [-0.25, -0.2) is 9.97 Å². The molecule has 0 unspecified atom stereocenters. The van der Waals surface area contributed by atoms with Crippen LogP contribution >= 0.6 is 0 Å². The molecular formula is C24H22N4O. The fourth-order valence-corrected chi connectivity index (χ4v) is 3.87. The van der Waals surface area contributed by atoms with Crippen molar-refractivity contribution in [3.8, 4) is 0 Å². The number of carbonyl (C=O) groups excluding carboxylic acids is 1. The third kappa shape index (κ3) is 3.63. The minimum absolute atomic E-state index is 0.146. The average molecular weight is 382 g/mol. The van der Waals surface area contributed by atoms with Gasteiger partial charge in [-0.3, -0.25) is 4.79 Å². The predicted octanol–water partition coefficient (Wildman–Crippen LogP) is 5.03. The summed E-state index contributed by atoms with van der Waals surface area (Å²) in [5, 5.41) is 2.98. The number of nitrogens with zero attached hydrogens (tertiary/aromatic N) is 3. The van der Waals surface area contributed by atoms with Gasteiger partial charge in [0.05, 0.1) is 22.1 Å². The van der Waals surface area contributed by atoms with Gasteiger partial charge in [-0.1, -0.05) is 12.1 Å². The number of hydrogen-bond donors (Lipinski definition) is 1. The number of amides is 1. The molecule has 5 rings (SSSR count). The summed E-state index contributed by atoms with van der Waals surface area (Å²) in [5.41, 5.74) is 5.76. The van der Waals surface area contributed by atoms with E-state index in [2.05, 4.69) is 32.3 Å². The summed E-state index contributed by atoms with van der Waals surface area (Å²) >= 11 is 0. The molecule has 144 valence electrons. The first-order valence-electron chi connectivity index (χ1n) is 10.1. The van der Waals surface area contributed by atoms with Gasteiger partial charge in [-0.15, -0.1) is 0 Å². The van der Waals surface area contributed by atoms with Crippen LogP contribution in [0, 0.1) is 0 Å². The Kier molecular flexibility index (Phi) is 4.56. The molecule has 1 aliphatic rings. The number of aromatic nitrogens is 2. The van der Waals surface area contributed by atoms with Gasteiger partial charge in [0.2, 0.25) is 0 Å². The van der Waals surface area contributed by atoms with Crippen molar-refractivity contribution in [1.82, 2.24) is 9.97 Å². The zero-order valence-corrected chi connectivity index (χ0v) is 16.1. The van der Waals surface area contributed by atoms with Gasteiger partial charge in [-0.2, -0.15) is 0 Å². The lowest BCUT2D eigenvalue weighted by molar-refractivity contribution is 0.102. The third-order valence-corrected chi connectivity index (χ3v) is 5.45. The summed E-state index contributed by atoms with van der Waals surface area (Å²) in [4.78, 5) is 24.4. The van der Waals surface area contributed by atoms with Crippen LogP contribution in [-0.4, -0.2) is 29.0 Å². The van der Waals surface area contributed by atoms with Gasteiger partial charge in [-0.05, 0) is 73.9 Å². The van der Waals surface area contributed by atoms with E-state index in [-0.39, 0.29) is 5.91 Å². The van der Waals surface area contributed by atoms with Crippen LogP contribution in [0.15, 0.2) is 66.7 Å². The van der Waals surface area contributed by atoms with Crippen LogP contribution in [-0.2, 0) is 0 Å². The molecule has 3 aromatic carbocycles. The number of para-hydroxylation sites is 2. The van der Waals surface area contributed by atoms with Gasteiger partial charge >= 0.3 is 0 Å². The van der Waals surface area contributed by atoms with E-state index in [0.717, 1.165) is 40.8 Å². The molecule has 4 aromatic rings. The van der Waals surface area contributed by atoms with Crippen molar-refractivity contribution in [2.45, 2.75) is 19.3 Å². The van der Waals surface area contributed by atoms with Gasteiger partial charge < -0.3 is 10.2 Å². The van der Waals surface area contributed by atoms with E-state index in [1.54, 1.807) is 12.1 Å². The minimum atomic E-state index is -0.146. The number of carbonyl (C=O) groups is 1. The molecule has 0 bridgehead atoms. The molecule has 1 fully saturated rings. The molecule has 1 saturated heterocycles. The monoisotopic (exact) mass is 382 g/mol. The summed E-state index contributed by atoms with van der Waals surface area (Å²) in [7, 11) is 0. The smallest absolute Gasteiger partial charge is 0.255 e. The number of benzene rings is 3. The van der Waals surface area contributed by atoms with Crippen molar-refractivity contribution in [2.24, 2.45) is 0 Å². The van der Waals surface area contributed by atoms with E-state index in [0.29, 0.717) is 5.56 Å². The van der Waals surface area contributed by atoms with E-state index >= 15 is 0 Å². The van der Waals surface area contributed by atoms with E-state index in [1.807, 2.05) is 42.5 Å². The number of nitrogens with one attached hydrogen (secondary N) is 1. The summed E-state index contributed by atoms with van der Waals surface area (Å²) in [6, 6.07) is 21.3. The molecule has 1 N–H and O–H groups in total. The fraction of sp³-hybridized carbons (Fsp3) is 0.208. The minimum Gasteiger partial charge on any atom is -0.372 e. The fourth-order valence-electron chi connectivity index (χ4n) is 3.87. The number of piperidine rings is 1. The van der Waals surface area contributed by atoms with E-state index in [1.165, 1.54) is 24.9 Å². The van der Waals surface area contributed by atoms with Crippen molar-refractivity contribution in [3.63, 3.8) is 0 Å². The molecule has 1 amide bonds. The summed E-state index contributed by atoms with van der Waals surface area (Å²) in [6.07, 6.45) is 3.81. The Hall–Kier alpha value is -3.47. The Morgan fingerprint density at radius 3 is 2.14 bits per heavy atom. The second-order valence-corrected chi connectivity index (χ2v) is 7.46. The molecule has 0 aliphatic carbocycles. The highest BCUT2D eigenvalue weighted by Gasteiger charge is 2.12. The van der Waals surface area contributed by atoms with Crippen LogP contribution in [0.3, 0.4) is 0 Å². The normalized spacial score (nSPS) is 14.3. The Balaban J connectivity index is 1.35. The highest BCUT2D eigenvalue weighted by atomic mass is 16.1. The Bertz CT molecular complexity index is 1180. The summed E-state index contributed by atoms with van der Waals surface area (Å²) < 4.78 is 0. The third-order valence-electron chi connectivity index (χ3n) is 5.45. The van der Waals surface area contributed by atoms with Crippen molar-refractivity contribution < 1.29 is 4.79 Å². The number of fused-ring (bicyclic) bond motifs is 2.